The number of thioether (sulfide) groups is 1. The van der Waals surface area contributed by atoms with Gasteiger partial charge in [0.05, 0.1) is 13.1 Å². The van der Waals surface area contributed by atoms with Crippen LogP contribution >= 0.6 is 11.8 Å². The van der Waals surface area contributed by atoms with E-state index in [0.29, 0.717) is 24.1 Å². The first kappa shape index (κ1) is 27.8. The van der Waals surface area contributed by atoms with Crippen molar-refractivity contribution in [3.63, 3.8) is 0 Å². The summed E-state index contributed by atoms with van der Waals surface area (Å²) in [4.78, 5) is 36.7. The van der Waals surface area contributed by atoms with Crippen LogP contribution in [0, 0.1) is 5.41 Å². The Morgan fingerprint density at radius 3 is 2.12 bits per heavy atom. The van der Waals surface area contributed by atoms with Crippen molar-refractivity contribution in [3.8, 4) is 0 Å². The van der Waals surface area contributed by atoms with Crippen molar-refractivity contribution in [1.82, 2.24) is 34.6 Å². The summed E-state index contributed by atoms with van der Waals surface area (Å²) in [5.41, 5.74) is 3.84. The van der Waals surface area contributed by atoms with Crippen molar-refractivity contribution in [2.45, 2.75) is 50.3 Å². The Balaban J connectivity index is 1.03. The number of piperidine rings is 1. The van der Waals surface area contributed by atoms with E-state index in [-0.39, 0.29) is 5.91 Å². The molecule has 8 nitrogen and oxygen atoms in total. The van der Waals surface area contributed by atoms with Gasteiger partial charge in [0.2, 0.25) is 0 Å². The predicted octanol–water partition coefficient (Wildman–Crippen LogP) is 5.19. The fourth-order valence-corrected chi connectivity index (χ4v) is 6.96. The maximum atomic E-state index is 13.5. The molecule has 6 rings (SSSR count). The van der Waals surface area contributed by atoms with Crippen LogP contribution in [0.25, 0.3) is 0 Å². The van der Waals surface area contributed by atoms with Gasteiger partial charge in [-0.25, -0.2) is 9.97 Å². The van der Waals surface area contributed by atoms with Gasteiger partial charge in [-0.15, -0.1) is 11.8 Å². The molecular weight excluding hydrogens is 530 g/mol. The van der Waals surface area contributed by atoms with Gasteiger partial charge in [0, 0.05) is 54.9 Å². The third-order valence-corrected chi connectivity index (χ3v) is 9.54. The molecule has 2 fully saturated rings. The zero-order chi connectivity index (χ0) is 28.1. The van der Waals surface area contributed by atoms with Gasteiger partial charge >= 0.3 is 0 Å². The number of hydrogen-bond acceptors (Lipinski definition) is 6. The number of hydrogen-bond donors (Lipinski definition) is 2. The van der Waals surface area contributed by atoms with E-state index in [1.165, 1.54) is 54.9 Å². The Kier molecular flexibility index (Phi) is 8.55. The Bertz CT molecular complexity index is 1360. The monoisotopic (exact) mass is 569 g/mol. The molecule has 0 atom stereocenters. The highest BCUT2D eigenvalue weighted by Crippen LogP contribution is 2.41. The number of carbonyl (C=O) groups is 1. The van der Waals surface area contributed by atoms with E-state index in [2.05, 4.69) is 72.4 Å². The Morgan fingerprint density at radius 2 is 1.51 bits per heavy atom. The molecule has 2 saturated heterocycles. The van der Waals surface area contributed by atoms with Gasteiger partial charge in [0.1, 0.15) is 11.6 Å². The highest BCUT2D eigenvalue weighted by atomic mass is 32.2. The second kappa shape index (κ2) is 12.6. The quantitative estimate of drug-likeness (QED) is 0.256. The Morgan fingerprint density at radius 1 is 0.878 bits per heavy atom. The van der Waals surface area contributed by atoms with Crippen LogP contribution in [0.4, 0.5) is 0 Å². The molecule has 4 heterocycles. The second-order valence-electron chi connectivity index (χ2n) is 11.5. The normalized spacial score (nSPS) is 17.3. The fourth-order valence-electron chi connectivity index (χ4n) is 6.35. The predicted molar refractivity (Wildman–Crippen MR) is 162 cm³/mol. The minimum atomic E-state index is -0.0311. The van der Waals surface area contributed by atoms with Crippen LogP contribution in [0.3, 0.4) is 0 Å². The topological polar surface area (TPSA) is 84.2 Å². The van der Waals surface area contributed by atoms with Gasteiger partial charge in [0.15, 0.2) is 0 Å². The van der Waals surface area contributed by atoms with Crippen LogP contribution in [-0.4, -0.2) is 73.0 Å². The van der Waals surface area contributed by atoms with Crippen molar-refractivity contribution < 1.29 is 4.79 Å². The maximum absolute atomic E-state index is 13.5. The molecule has 1 amide bonds. The van der Waals surface area contributed by atoms with Crippen LogP contribution in [0.15, 0.2) is 78.2 Å². The van der Waals surface area contributed by atoms with Gasteiger partial charge in [-0.1, -0.05) is 30.3 Å². The van der Waals surface area contributed by atoms with Crippen LogP contribution in [-0.2, 0) is 26.2 Å². The third kappa shape index (κ3) is 6.74. The lowest BCUT2D eigenvalue weighted by molar-refractivity contribution is 0.0721. The van der Waals surface area contributed by atoms with Crippen molar-refractivity contribution in [2.24, 2.45) is 5.41 Å². The zero-order valence-electron chi connectivity index (χ0n) is 23.8. The molecule has 0 bridgehead atoms. The average molecular weight is 570 g/mol. The summed E-state index contributed by atoms with van der Waals surface area (Å²) in [5, 5.41) is 0. The number of nitrogens with zero attached hydrogens (tertiary/aromatic N) is 5. The molecule has 1 spiro atoms. The first-order valence-electron chi connectivity index (χ1n) is 14.5. The van der Waals surface area contributed by atoms with E-state index < -0.39 is 0 Å². The van der Waals surface area contributed by atoms with Crippen LogP contribution < -0.4 is 0 Å². The van der Waals surface area contributed by atoms with Gasteiger partial charge in [0.25, 0.3) is 5.91 Å². The SMILES string of the molecule is CSc1ccccc1CN1CCC2(CC1)CCN(Cc1ccc(C(=O)N(Cc3ncc[nH]3)Cc3ncc[nH]3)cc1)C2. The van der Waals surface area contributed by atoms with Gasteiger partial charge in [-0.05, 0) is 79.9 Å². The average Bonchev–Trinajstić information content (AvgIpc) is 3.79. The molecule has 9 heteroatoms. The third-order valence-electron chi connectivity index (χ3n) is 8.71. The molecule has 2 aromatic heterocycles. The van der Waals surface area contributed by atoms with Crippen molar-refractivity contribution in [3.05, 3.63) is 102 Å². The number of nitrogens with one attached hydrogen (secondary N) is 2. The molecule has 41 heavy (non-hydrogen) atoms. The number of benzene rings is 2. The van der Waals surface area contributed by atoms with Crippen molar-refractivity contribution >= 4 is 17.7 Å². The van der Waals surface area contributed by atoms with Gasteiger partial charge < -0.3 is 14.9 Å². The molecule has 0 radical (unpaired) electrons. The molecule has 4 aromatic rings. The number of carbonyl (C=O) groups excluding carboxylic acids is 1. The minimum Gasteiger partial charge on any atom is -0.347 e. The number of rotatable bonds is 10. The van der Waals surface area contributed by atoms with Gasteiger partial charge in [-0.2, -0.15) is 0 Å². The summed E-state index contributed by atoms with van der Waals surface area (Å²) in [6, 6.07) is 17.0. The van der Waals surface area contributed by atoms with Crippen molar-refractivity contribution in [2.75, 3.05) is 32.4 Å². The highest BCUT2D eigenvalue weighted by Gasteiger charge is 2.40. The molecule has 214 valence electrons. The lowest BCUT2D eigenvalue weighted by Gasteiger charge is -2.39. The number of likely N-dealkylation sites (tertiary alicyclic amines) is 2. The fraction of sp³-hybridized carbons (Fsp3) is 0.406. The zero-order valence-corrected chi connectivity index (χ0v) is 24.6. The first-order valence-corrected chi connectivity index (χ1v) is 15.7. The number of imidazole rings is 2. The summed E-state index contributed by atoms with van der Waals surface area (Å²) in [6.45, 7) is 7.46. The molecule has 2 aromatic carbocycles. The van der Waals surface area contributed by atoms with Crippen LogP contribution in [0.2, 0.25) is 0 Å². The van der Waals surface area contributed by atoms with E-state index in [1.54, 1.807) is 29.7 Å². The summed E-state index contributed by atoms with van der Waals surface area (Å²) < 4.78 is 0. The molecule has 0 saturated carbocycles. The lowest BCUT2D eigenvalue weighted by Crippen LogP contribution is -2.41. The highest BCUT2D eigenvalue weighted by molar-refractivity contribution is 7.98. The summed E-state index contributed by atoms with van der Waals surface area (Å²) in [5.74, 6) is 1.47. The molecule has 0 aliphatic carbocycles. The number of aromatic amines is 2. The van der Waals surface area contributed by atoms with Crippen LogP contribution in [0.5, 0.6) is 0 Å². The van der Waals surface area contributed by atoms with E-state index in [1.807, 2.05) is 23.9 Å². The first-order chi connectivity index (χ1) is 20.1. The second-order valence-corrected chi connectivity index (χ2v) is 12.3. The smallest absolute Gasteiger partial charge is 0.254 e. The standard InChI is InChI=1S/C32H39N7OS/c1-41-28-5-3-2-4-27(28)21-37-17-10-32(11-18-37)12-19-38(24-32)20-25-6-8-26(9-7-25)31(40)39(22-29-33-13-14-34-29)23-30-35-15-16-36-30/h2-9,13-16H,10-12,17-24H2,1H3,(H,33,34)(H,35,36). The van der Waals surface area contributed by atoms with Crippen molar-refractivity contribution in [1.29, 1.82) is 0 Å². The van der Waals surface area contributed by atoms with E-state index in [4.69, 9.17) is 0 Å². The summed E-state index contributed by atoms with van der Waals surface area (Å²) >= 11 is 1.85. The Labute approximate surface area is 246 Å². The number of aromatic nitrogens is 4. The molecule has 2 aliphatic rings. The van der Waals surface area contributed by atoms with Gasteiger partial charge in [-0.3, -0.25) is 14.6 Å². The maximum Gasteiger partial charge on any atom is 0.254 e. The van der Waals surface area contributed by atoms with E-state index in [9.17, 15) is 4.79 Å². The number of amides is 1. The molecular formula is C32H39N7OS. The summed E-state index contributed by atoms with van der Waals surface area (Å²) in [7, 11) is 0. The van der Waals surface area contributed by atoms with E-state index >= 15 is 0 Å². The largest absolute Gasteiger partial charge is 0.347 e. The lowest BCUT2D eigenvalue weighted by atomic mass is 9.77. The van der Waals surface area contributed by atoms with Crippen LogP contribution in [0.1, 0.15) is 52.4 Å². The van der Waals surface area contributed by atoms with E-state index in [0.717, 1.165) is 31.3 Å². The molecule has 2 N–H and O–H groups in total. The Hall–Kier alpha value is -3.40. The molecule has 0 unspecified atom stereocenters. The summed E-state index contributed by atoms with van der Waals surface area (Å²) in [6.07, 6.45) is 13.0. The minimum absolute atomic E-state index is 0.0311. The number of H-pyrrole nitrogens is 2. The molecule has 2 aliphatic heterocycles.